The number of alkyl halides is 2. The number of fused-ring (bicyclic) bond motifs is 1. The van der Waals surface area contributed by atoms with E-state index in [-0.39, 0.29) is 11.1 Å². The minimum absolute atomic E-state index is 0.0365. The van der Waals surface area contributed by atoms with E-state index in [2.05, 4.69) is 0 Å². The molecular weight excluding hydrogens is 288 g/mol. The molecule has 0 saturated carbocycles. The molecule has 8 heteroatoms. The first-order valence-electron chi connectivity index (χ1n) is 5.94. The van der Waals surface area contributed by atoms with Gasteiger partial charge in [-0.2, -0.15) is 0 Å². The van der Waals surface area contributed by atoms with Gasteiger partial charge < -0.3 is 10.2 Å². The summed E-state index contributed by atoms with van der Waals surface area (Å²) in [5.74, 6) is -3.32. The van der Waals surface area contributed by atoms with Crippen LogP contribution in [0.3, 0.4) is 0 Å². The molecule has 2 rings (SSSR count). The smallest absolute Gasteiger partial charge is 0.306 e. The number of carboxylic acids is 1. The van der Waals surface area contributed by atoms with Crippen molar-refractivity contribution in [2.45, 2.75) is 18.4 Å². The molecule has 0 bridgehead atoms. The molecule has 0 aromatic heterocycles. The lowest BCUT2D eigenvalue weighted by Crippen LogP contribution is -2.51. The Labute approximate surface area is 117 Å². The summed E-state index contributed by atoms with van der Waals surface area (Å²) in [7, 11) is 0. The Balaban J connectivity index is 2.30. The number of β-amino-alcohol motifs (C(OH)–C–C–N with tert-alkyl or cyclic N) is 1. The molecule has 1 aromatic carbocycles. The van der Waals surface area contributed by atoms with Crippen molar-refractivity contribution in [1.82, 2.24) is 4.90 Å². The van der Waals surface area contributed by atoms with E-state index in [0.717, 1.165) is 0 Å². The predicted octanol–water partition coefficient (Wildman–Crippen LogP) is 0.753. The third kappa shape index (κ3) is 2.62. The fraction of sp³-hybridized carbons (Fsp3) is 0.308. The number of carbonyl (C=O) groups is 3. The highest BCUT2D eigenvalue weighted by Gasteiger charge is 2.46. The summed E-state index contributed by atoms with van der Waals surface area (Å²) in [5, 5.41) is 18.4. The van der Waals surface area contributed by atoms with Crippen molar-refractivity contribution in [2.24, 2.45) is 0 Å². The number of nitrogens with zero attached hydrogens (tertiary/aromatic N) is 1. The number of rotatable bonds is 5. The Kier molecular flexibility index (Phi) is 3.73. The molecule has 6 nitrogen and oxygen atoms in total. The van der Waals surface area contributed by atoms with Crippen LogP contribution in [0.2, 0.25) is 0 Å². The molecule has 2 amide bonds. The van der Waals surface area contributed by atoms with Gasteiger partial charge in [-0.1, -0.05) is 12.1 Å². The van der Waals surface area contributed by atoms with Crippen LogP contribution >= 0.6 is 0 Å². The number of amides is 2. The van der Waals surface area contributed by atoms with Crippen molar-refractivity contribution in [1.29, 1.82) is 0 Å². The number of benzene rings is 1. The second-order valence-corrected chi connectivity index (χ2v) is 4.72. The summed E-state index contributed by atoms with van der Waals surface area (Å²) in [6, 6.07) is 5.72. The maximum atomic E-state index is 12.9. The Bertz CT molecular complexity index is 583. The first kappa shape index (κ1) is 15.0. The summed E-state index contributed by atoms with van der Waals surface area (Å²) in [5.41, 5.74) is -2.91. The molecule has 21 heavy (non-hydrogen) atoms. The van der Waals surface area contributed by atoms with Crippen LogP contribution in [0, 0.1) is 0 Å². The Morgan fingerprint density at radius 2 is 1.67 bits per heavy atom. The molecule has 1 unspecified atom stereocenters. The quantitative estimate of drug-likeness (QED) is 0.782. The fourth-order valence-corrected chi connectivity index (χ4v) is 2.12. The highest BCUT2D eigenvalue weighted by molar-refractivity contribution is 6.21. The molecule has 2 N–H and O–H groups in total. The zero-order chi connectivity index (χ0) is 15.8. The van der Waals surface area contributed by atoms with Gasteiger partial charge in [0, 0.05) is 0 Å². The largest absolute Gasteiger partial charge is 0.481 e. The molecule has 0 fully saturated rings. The summed E-state index contributed by atoms with van der Waals surface area (Å²) in [4.78, 5) is 35.0. The lowest BCUT2D eigenvalue weighted by molar-refractivity contribution is -0.154. The second kappa shape index (κ2) is 5.21. The van der Waals surface area contributed by atoms with Crippen molar-refractivity contribution in [3.05, 3.63) is 35.4 Å². The highest BCUT2D eigenvalue weighted by Crippen LogP contribution is 2.28. The van der Waals surface area contributed by atoms with E-state index in [1.807, 2.05) is 0 Å². The third-order valence-corrected chi connectivity index (χ3v) is 3.17. The molecule has 0 saturated heterocycles. The van der Waals surface area contributed by atoms with Gasteiger partial charge >= 0.3 is 5.97 Å². The van der Waals surface area contributed by atoms with Crippen LogP contribution in [-0.4, -0.2) is 51.5 Å². The van der Waals surface area contributed by atoms with Gasteiger partial charge in [0.2, 0.25) is 0 Å². The van der Waals surface area contributed by atoms with Gasteiger partial charge in [-0.3, -0.25) is 19.3 Å². The van der Waals surface area contributed by atoms with Crippen molar-refractivity contribution >= 4 is 17.8 Å². The summed E-state index contributed by atoms with van der Waals surface area (Å²) in [6.45, 7) is -1.08. The summed E-state index contributed by atoms with van der Waals surface area (Å²) >= 11 is 0. The number of aliphatic carboxylic acids is 1. The van der Waals surface area contributed by atoms with E-state index in [1.165, 1.54) is 24.3 Å². The zero-order valence-electron chi connectivity index (χ0n) is 10.6. The number of imide groups is 1. The van der Waals surface area contributed by atoms with E-state index >= 15 is 0 Å². The lowest BCUT2D eigenvalue weighted by Gasteiger charge is -2.29. The standard InChI is InChI=1S/C13H11F2NO5/c14-12(15)13(21,5-9(17)18)6-16-10(19)7-3-1-2-4-8(7)11(16)20/h1-4,12,21H,5-6H2,(H,17,18). The van der Waals surface area contributed by atoms with Crippen LogP contribution in [0.5, 0.6) is 0 Å². The SMILES string of the molecule is O=C(O)CC(O)(CN1C(=O)c2ccccc2C1=O)C(F)F. The Morgan fingerprint density at radius 1 is 1.19 bits per heavy atom. The van der Waals surface area contributed by atoms with Crippen molar-refractivity contribution in [3.8, 4) is 0 Å². The molecule has 1 heterocycles. The number of carbonyl (C=O) groups excluding carboxylic acids is 2. The Morgan fingerprint density at radius 3 is 2.05 bits per heavy atom. The molecule has 0 spiro atoms. The molecule has 112 valence electrons. The van der Waals surface area contributed by atoms with Gasteiger partial charge in [-0.15, -0.1) is 0 Å². The van der Waals surface area contributed by atoms with Crippen molar-refractivity contribution < 1.29 is 33.4 Å². The highest BCUT2D eigenvalue weighted by atomic mass is 19.3. The van der Waals surface area contributed by atoms with Crippen molar-refractivity contribution in [2.75, 3.05) is 6.54 Å². The fourth-order valence-electron chi connectivity index (χ4n) is 2.12. The van der Waals surface area contributed by atoms with Crippen LogP contribution in [0.4, 0.5) is 8.78 Å². The van der Waals surface area contributed by atoms with Gasteiger partial charge in [0.1, 0.15) is 0 Å². The third-order valence-electron chi connectivity index (χ3n) is 3.17. The van der Waals surface area contributed by atoms with Gasteiger partial charge in [0.25, 0.3) is 18.2 Å². The minimum Gasteiger partial charge on any atom is -0.481 e. The average molecular weight is 299 g/mol. The number of halogens is 2. The number of hydrogen-bond donors (Lipinski definition) is 2. The van der Waals surface area contributed by atoms with E-state index in [9.17, 15) is 28.3 Å². The first-order chi connectivity index (χ1) is 9.76. The van der Waals surface area contributed by atoms with Gasteiger partial charge in [-0.05, 0) is 12.1 Å². The predicted molar refractivity (Wildman–Crippen MR) is 65.0 cm³/mol. The topological polar surface area (TPSA) is 94.9 Å². The van der Waals surface area contributed by atoms with Crippen LogP contribution in [0.25, 0.3) is 0 Å². The minimum atomic E-state index is -3.42. The monoisotopic (exact) mass is 299 g/mol. The van der Waals surface area contributed by atoms with Gasteiger partial charge in [0.05, 0.1) is 24.1 Å². The van der Waals surface area contributed by atoms with E-state index < -0.39 is 42.8 Å². The van der Waals surface area contributed by atoms with E-state index in [0.29, 0.717) is 4.90 Å². The number of hydrogen-bond acceptors (Lipinski definition) is 4. The molecule has 1 aromatic rings. The normalized spacial score (nSPS) is 17.0. The molecule has 0 aliphatic carbocycles. The lowest BCUT2D eigenvalue weighted by atomic mass is 9.99. The maximum absolute atomic E-state index is 12.9. The van der Waals surface area contributed by atoms with E-state index in [4.69, 9.17) is 5.11 Å². The van der Waals surface area contributed by atoms with Crippen LogP contribution < -0.4 is 0 Å². The summed E-state index contributed by atoms with van der Waals surface area (Å²) < 4.78 is 25.8. The summed E-state index contributed by atoms with van der Waals surface area (Å²) in [6.07, 6.45) is -4.70. The molecule has 1 aliphatic rings. The average Bonchev–Trinajstić information content (AvgIpc) is 2.63. The molecule has 1 atom stereocenters. The Hall–Kier alpha value is -2.35. The van der Waals surface area contributed by atoms with Crippen molar-refractivity contribution in [3.63, 3.8) is 0 Å². The van der Waals surface area contributed by atoms with Crippen LogP contribution in [0.1, 0.15) is 27.1 Å². The second-order valence-electron chi connectivity index (χ2n) is 4.72. The van der Waals surface area contributed by atoms with Gasteiger partial charge in [-0.25, -0.2) is 8.78 Å². The first-order valence-corrected chi connectivity index (χ1v) is 5.94. The molecular formula is C13H11F2NO5. The zero-order valence-corrected chi connectivity index (χ0v) is 10.6. The number of aliphatic hydroxyl groups is 1. The number of carboxylic acid groups (broad SMARTS) is 1. The molecule has 0 radical (unpaired) electrons. The maximum Gasteiger partial charge on any atom is 0.306 e. The molecule has 1 aliphatic heterocycles. The van der Waals surface area contributed by atoms with Gasteiger partial charge in [0.15, 0.2) is 5.60 Å². The van der Waals surface area contributed by atoms with Crippen LogP contribution in [0.15, 0.2) is 24.3 Å². The van der Waals surface area contributed by atoms with Crippen LogP contribution in [-0.2, 0) is 4.79 Å². The van der Waals surface area contributed by atoms with E-state index in [1.54, 1.807) is 0 Å².